The summed E-state index contributed by atoms with van der Waals surface area (Å²) in [5, 5.41) is 0. The van der Waals surface area contributed by atoms with E-state index in [-0.39, 0.29) is 17.9 Å². The smallest absolute Gasteiger partial charge is 0.230 e. The molecule has 0 N–H and O–H groups in total. The maximum absolute atomic E-state index is 11.7. The zero-order chi connectivity index (χ0) is 9.42. The first-order chi connectivity index (χ1) is 6.18. The van der Waals surface area contributed by atoms with Crippen LogP contribution in [0, 0.1) is 5.92 Å². The molecular weight excluding hydrogens is 162 g/mol. The van der Waals surface area contributed by atoms with E-state index in [2.05, 4.69) is 11.8 Å². The normalized spacial score (nSPS) is 31.7. The van der Waals surface area contributed by atoms with Crippen LogP contribution in [0.3, 0.4) is 0 Å². The van der Waals surface area contributed by atoms with E-state index in [1.54, 1.807) is 4.90 Å². The van der Waals surface area contributed by atoms with Crippen molar-refractivity contribution < 1.29 is 4.79 Å². The Morgan fingerprint density at radius 3 is 3.08 bits per heavy atom. The lowest BCUT2D eigenvalue weighted by atomic mass is 9.92. The Morgan fingerprint density at radius 1 is 1.54 bits per heavy atom. The average Bonchev–Trinajstić information content (AvgIpc) is 2.08. The maximum atomic E-state index is 11.7. The lowest BCUT2D eigenvalue weighted by molar-refractivity contribution is -0.134. The summed E-state index contributed by atoms with van der Waals surface area (Å²) >= 11 is 0. The molecule has 0 radical (unpaired) electrons. The molecule has 1 amide bonds. The van der Waals surface area contributed by atoms with Crippen LogP contribution in [0.5, 0.6) is 0 Å². The largest absolute Gasteiger partial charge is 0.335 e. The van der Waals surface area contributed by atoms with Crippen molar-refractivity contribution >= 4 is 5.91 Å². The van der Waals surface area contributed by atoms with Crippen molar-refractivity contribution in [1.29, 1.82) is 0 Å². The third-order valence-corrected chi connectivity index (χ3v) is 2.68. The van der Waals surface area contributed by atoms with Gasteiger partial charge in [0.05, 0.1) is 12.0 Å². The maximum Gasteiger partial charge on any atom is 0.230 e. The van der Waals surface area contributed by atoms with Gasteiger partial charge in [0.15, 0.2) is 0 Å². The first-order valence-electron chi connectivity index (χ1n) is 4.56. The van der Waals surface area contributed by atoms with Crippen molar-refractivity contribution in [1.82, 2.24) is 4.90 Å². The van der Waals surface area contributed by atoms with Crippen LogP contribution < -0.4 is 0 Å². The van der Waals surface area contributed by atoms with Gasteiger partial charge in [0.2, 0.25) is 5.91 Å². The van der Waals surface area contributed by atoms with Gasteiger partial charge in [-0.15, -0.1) is 5.73 Å². The fourth-order valence-electron chi connectivity index (χ4n) is 1.81. The standard InChI is InChI=1S/C11H13NO/c1-8-3-5-10-6-4-9(7-8)11(13)12(10)2/h4-6,9-10H,7H2,1-2H3/t3?,9-,10-/m1/s1. The van der Waals surface area contributed by atoms with Crippen LogP contribution in [0.4, 0.5) is 0 Å². The molecule has 0 fully saturated rings. The first-order valence-corrected chi connectivity index (χ1v) is 4.56. The average molecular weight is 175 g/mol. The summed E-state index contributed by atoms with van der Waals surface area (Å²) in [6, 6.07) is 0.110. The van der Waals surface area contributed by atoms with Gasteiger partial charge < -0.3 is 4.90 Å². The van der Waals surface area contributed by atoms with Crippen molar-refractivity contribution in [2.24, 2.45) is 5.92 Å². The van der Waals surface area contributed by atoms with Gasteiger partial charge in [0.1, 0.15) is 0 Å². The number of rotatable bonds is 0. The van der Waals surface area contributed by atoms with E-state index in [0.717, 1.165) is 6.42 Å². The second-order valence-corrected chi connectivity index (χ2v) is 3.73. The highest BCUT2D eigenvalue weighted by molar-refractivity contribution is 5.82. The van der Waals surface area contributed by atoms with Crippen LogP contribution in [0.25, 0.3) is 0 Å². The Balaban J connectivity index is 2.45. The highest BCUT2D eigenvalue weighted by atomic mass is 16.2. The minimum Gasteiger partial charge on any atom is -0.335 e. The van der Waals surface area contributed by atoms with E-state index in [9.17, 15) is 4.79 Å². The quantitative estimate of drug-likeness (QED) is 0.403. The number of hydrogen-bond acceptors (Lipinski definition) is 1. The Hall–Kier alpha value is -1.27. The molecule has 0 aromatic carbocycles. The van der Waals surface area contributed by atoms with Crippen LogP contribution in [0.1, 0.15) is 13.3 Å². The Bertz CT molecular complexity index is 334. The fraction of sp³-hybridized carbons (Fsp3) is 0.455. The molecular formula is C11H13NO. The molecule has 68 valence electrons. The van der Waals surface area contributed by atoms with Crippen LogP contribution >= 0.6 is 0 Å². The molecule has 2 bridgehead atoms. The topological polar surface area (TPSA) is 20.3 Å². The van der Waals surface area contributed by atoms with Crippen LogP contribution in [-0.2, 0) is 4.79 Å². The lowest BCUT2D eigenvalue weighted by Crippen LogP contribution is -2.42. The van der Waals surface area contributed by atoms with E-state index in [1.807, 2.05) is 26.1 Å². The van der Waals surface area contributed by atoms with E-state index >= 15 is 0 Å². The SMILES string of the molecule is CC1=C=C[C@@H]2C=C[C@H](C1)C(=O)N2C. The van der Waals surface area contributed by atoms with Gasteiger partial charge in [-0.3, -0.25) is 4.79 Å². The molecule has 0 aromatic rings. The summed E-state index contributed by atoms with van der Waals surface area (Å²) in [5.41, 5.74) is 4.38. The van der Waals surface area contributed by atoms with Crippen LogP contribution in [0.15, 0.2) is 29.5 Å². The summed E-state index contributed by atoms with van der Waals surface area (Å²) in [6.07, 6.45) is 6.86. The molecule has 3 aliphatic rings. The molecule has 0 aromatic heterocycles. The van der Waals surface area contributed by atoms with Gasteiger partial charge in [0, 0.05) is 7.05 Å². The zero-order valence-corrected chi connectivity index (χ0v) is 7.95. The Kier molecular flexibility index (Phi) is 1.86. The van der Waals surface area contributed by atoms with Gasteiger partial charge in [0.25, 0.3) is 0 Å². The Morgan fingerprint density at radius 2 is 2.31 bits per heavy atom. The number of carbonyl (C=O) groups is 1. The number of nitrogens with zero attached hydrogens (tertiary/aromatic N) is 1. The van der Waals surface area contributed by atoms with E-state index in [4.69, 9.17) is 0 Å². The highest BCUT2D eigenvalue weighted by Crippen LogP contribution is 2.23. The van der Waals surface area contributed by atoms with E-state index in [1.165, 1.54) is 5.57 Å². The zero-order valence-electron chi connectivity index (χ0n) is 7.95. The fourth-order valence-corrected chi connectivity index (χ4v) is 1.81. The second-order valence-electron chi connectivity index (χ2n) is 3.73. The Labute approximate surface area is 78.2 Å². The van der Waals surface area contributed by atoms with Crippen molar-refractivity contribution in [3.05, 3.63) is 29.5 Å². The van der Waals surface area contributed by atoms with Crippen molar-refractivity contribution in [2.45, 2.75) is 19.4 Å². The van der Waals surface area contributed by atoms with Crippen LogP contribution in [0.2, 0.25) is 0 Å². The predicted molar refractivity (Wildman–Crippen MR) is 51.1 cm³/mol. The van der Waals surface area contributed by atoms with Gasteiger partial charge in [-0.25, -0.2) is 0 Å². The van der Waals surface area contributed by atoms with Crippen LogP contribution in [-0.4, -0.2) is 23.9 Å². The van der Waals surface area contributed by atoms with Gasteiger partial charge >= 0.3 is 0 Å². The number of carbonyl (C=O) groups excluding carboxylic acids is 1. The van der Waals surface area contributed by atoms with E-state index in [0.29, 0.717) is 0 Å². The number of fused-ring (bicyclic) bond motifs is 2. The molecule has 0 saturated heterocycles. The molecule has 2 heterocycles. The molecule has 2 atom stereocenters. The number of hydrogen-bond donors (Lipinski definition) is 0. The van der Waals surface area contributed by atoms with Crippen molar-refractivity contribution in [3.8, 4) is 0 Å². The molecule has 2 nitrogen and oxygen atoms in total. The molecule has 0 saturated carbocycles. The molecule has 0 spiro atoms. The van der Waals surface area contributed by atoms with Gasteiger partial charge in [-0.2, -0.15) is 0 Å². The van der Waals surface area contributed by atoms with Gasteiger partial charge in [-0.1, -0.05) is 12.2 Å². The monoisotopic (exact) mass is 175 g/mol. The van der Waals surface area contributed by atoms with Gasteiger partial charge in [-0.05, 0) is 25.0 Å². The second kappa shape index (κ2) is 2.90. The minimum absolute atomic E-state index is 0.0439. The molecule has 13 heavy (non-hydrogen) atoms. The number of amides is 1. The third kappa shape index (κ3) is 1.34. The summed E-state index contributed by atoms with van der Waals surface area (Å²) in [6.45, 7) is 2.03. The summed E-state index contributed by atoms with van der Waals surface area (Å²) < 4.78 is 0. The highest BCUT2D eigenvalue weighted by Gasteiger charge is 2.28. The number of likely N-dealkylation sites (N-methyl/N-ethyl adjacent to an activating group) is 1. The van der Waals surface area contributed by atoms with Crippen molar-refractivity contribution in [2.75, 3.05) is 7.05 Å². The molecule has 0 unspecified atom stereocenters. The predicted octanol–water partition coefficient (Wildman–Crippen LogP) is 1.50. The molecule has 3 rings (SSSR count). The lowest BCUT2D eigenvalue weighted by Gasteiger charge is -2.31. The third-order valence-electron chi connectivity index (χ3n) is 2.68. The minimum atomic E-state index is 0.0439. The first kappa shape index (κ1) is 8.33. The van der Waals surface area contributed by atoms with Crippen molar-refractivity contribution in [3.63, 3.8) is 0 Å². The van der Waals surface area contributed by atoms with E-state index < -0.39 is 0 Å². The molecule has 2 heteroatoms. The molecule has 2 aliphatic heterocycles. The summed E-state index contributed by atoms with van der Waals surface area (Å²) in [5.74, 6) is 0.270. The molecule has 1 aliphatic carbocycles. The summed E-state index contributed by atoms with van der Waals surface area (Å²) in [4.78, 5) is 13.5. The summed E-state index contributed by atoms with van der Waals surface area (Å²) in [7, 11) is 1.85.